The molecule has 0 radical (unpaired) electrons. The Morgan fingerprint density at radius 1 is 0.966 bits per heavy atom. The standard InChI is InChI=1S/C22H23N3O4/c1-27-18-10-17-19(21(29-3)20(18)28-2)15(12-25-17)22(26)23-9-8-13-11-24-16-7-5-4-6-14(13)16/h4-7,10-12,24-25H,8-9H2,1-3H3,(H,23,26). The van der Waals surface area contributed by atoms with E-state index in [-0.39, 0.29) is 5.91 Å². The number of ether oxygens (including phenoxy) is 3. The van der Waals surface area contributed by atoms with Gasteiger partial charge in [0.1, 0.15) is 0 Å². The molecular formula is C22H23N3O4. The van der Waals surface area contributed by atoms with Gasteiger partial charge in [0, 0.05) is 35.9 Å². The summed E-state index contributed by atoms with van der Waals surface area (Å²) in [6, 6.07) is 9.92. The van der Waals surface area contributed by atoms with Gasteiger partial charge in [0.15, 0.2) is 11.5 Å². The van der Waals surface area contributed by atoms with E-state index in [0.29, 0.717) is 34.7 Å². The van der Waals surface area contributed by atoms with Gasteiger partial charge in [-0.2, -0.15) is 0 Å². The lowest BCUT2D eigenvalue weighted by Crippen LogP contribution is -2.25. The fourth-order valence-corrected chi connectivity index (χ4v) is 3.68. The van der Waals surface area contributed by atoms with Gasteiger partial charge in [-0.3, -0.25) is 4.79 Å². The van der Waals surface area contributed by atoms with E-state index < -0.39 is 0 Å². The molecule has 150 valence electrons. The molecule has 0 aliphatic heterocycles. The molecule has 2 aromatic carbocycles. The van der Waals surface area contributed by atoms with Crippen LogP contribution in [0.3, 0.4) is 0 Å². The Balaban J connectivity index is 1.57. The van der Waals surface area contributed by atoms with Gasteiger partial charge in [-0.25, -0.2) is 0 Å². The predicted molar refractivity (Wildman–Crippen MR) is 112 cm³/mol. The van der Waals surface area contributed by atoms with Gasteiger partial charge in [0.05, 0.1) is 37.8 Å². The second-order valence-electron chi connectivity index (χ2n) is 6.64. The molecule has 7 nitrogen and oxygen atoms in total. The molecule has 1 amide bonds. The van der Waals surface area contributed by atoms with Crippen LogP contribution in [0, 0.1) is 0 Å². The molecule has 0 spiro atoms. The van der Waals surface area contributed by atoms with Gasteiger partial charge in [0.25, 0.3) is 5.91 Å². The molecule has 4 aromatic rings. The molecule has 0 atom stereocenters. The Morgan fingerprint density at radius 2 is 1.72 bits per heavy atom. The second-order valence-corrected chi connectivity index (χ2v) is 6.64. The number of fused-ring (bicyclic) bond motifs is 2. The van der Waals surface area contributed by atoms with Gasteiger partial charge in [-0.05, 0) is 18.1 Å². The number of carbonyl (C=O) groups excluding carboxylic acids is 1. The van der Waals surface area contributed by atoms with Gasteiger partial charge >= 0.3 is 0 Å². The molecule has 2 heterocycles. The van der Waals surface area contributed by atoms with Gasteiger partial charge in [-0.15, -0.1) is 0 Å². The fraction of sp³-hybridized carbons (Fsp3) is 0.227. The highest BCUT2D eigenvalue weighted by molar-refractivity contribution is 6.10. The number of hydrogen-bond donors (Lipinski definition) is 3. The van der Waals surface area contributed by atoms with E-state index in [4.69, 9.17) is 14.2 Å². The van der Waals surface area contributed by atoms with Crippen molar-refractivity contribution in [2.24, 2.45) is 0 Å². The Kier molecular flexibility index (Phi) is 5.03. The second kappa shape index (κ2) is 7.79. The third-order valence-corrected chi connectivity index (χ3v) is 5.07. The normalized spacial score (nSPS) is 11.0. The summed E-state index contributed by atoms with van der Waals surface area (Å²) in [6.45, 7) is 0.517. The minimum Gasteiger partial charge on any atom is -0.493 e. The number of nitrogens with one attached hydrogen (secondary N) is 3. The lowest BCUT2D eigenvalue weighted by molar-refractivity contribution is 0.0955. The molecule has 0 bridgehead atoms. The average Bonchev–Trinajstić information content (AvgIpc) is 3.36. The van der Waals surface area contributed by atoms with Crippen molar-refractivity contribution in [1.82, 2.24) is 15.3 Å². The Morgan fingerprint density at radius 3 is 2.48 bits per heavy atom. The summed E-state index contributed by atoms with van der Waals surface area (Å²) in [5.41, 5.74) is 3.50. The first-order valence-corrected chi connectivity index (χ1v) is 9.31. The molecule has 0 saturated carbocycles. The van der Waals surface area contributed by atoms with Crippen LogP contribution in [0.5, 0.6) is 17.2 Å². The van der Waals surface area contributed by atoms with E-state index in [2.05, 4.69) is 21.4 Å². The van der Waals surface area contributed by atoms with Crippen LogP contribution in [0.2, 0.25) is 0 Å². The average molecular weight is 393 g/mol. The van der Waals surface area contributed by atoms with Crippen molar-refractivity contribution in [1.29, 1.82) is 0 Å². The Hall–Kier alpha value is -3.61. The Bertz CT molecular complexity index is 1180. The van der Waals surface area contributed by atoms with E-state index in [9.17, 15) is 4.79 Å². The number of rotatable bonds is 7. The highest BCUT2D eigenvalue weighted by atomic mass is 16.5. The van der Waals surface area contributed by atoms with Gasteiger partial charge < -0.3 is 29.5 Å². The van der Waals surface area contributed by atoms with Crippen LogP contribution in [0.4, 0.5) is 0 Å². The lowest BCUT2D eigenvalue weighted by Gasteiger charge is -2.14. The summed E-state index contributed by atoms with van der Waals surface area (Å²) in [7, 11) is 4.65. The van der Waals surface area contributed by atoms with Crippen molar-refractivity contribution in [3.63, 3.8) is 0 Å². The number of aromatic amines is 2. The van der Waals surface area contributed by atoms with Crippen LogP contribution in [-0.2, 0) is 6.42 Å². The molecule has 0 unspecified atom stereocenters. The number of amides is 1. The summed E-state index contributed by atoms with van der Waals surface area (Å²) in [4.78, 5) is 19.2. The van der Waals surface area contributed by atoms with E-state index >= 15 is 0 Å². The molecule has 2 aromatic heterocycles. The molecule has 29 heavy (non-hydrogen) atoms. The number of methoxy groups -OCH3 is 3. The maximum Gasteiger partial charge on any atom is 0.253 e. The maximum atomic E-state index is 12.9. The number of benzene rings is 2. The van der Waals surface area contributed by atoms with Crippen molar-refractivity contribution in [2.45, 2.75) is 6.42 Å². The zero-order valence-electron chi connectivity index (χ0n) is 16.6. The first-order chi connectivity index (χ1) is 14.2. The highest BCUT2D eigenvalue weighted by Gasteiger charge is 2.22. The molecule has 0 aliphatic rings. The van der Waals surface area contributed by atoms with Crippen LogP contribution in [0.15, 0.2) is 42.7 Å². The van der Waals surface area contributed by atoms with Crippen molar-refractivity contribution in [3.05, 3.63) is 53.9 Å². The number of para-hydroxylation sites is 1. The Labute approximate surface area is 168 Å². The van der Waals surface area contributed by atoms with Crippen LogP contribution in [0.25, 0.3) is 21.8 Å². The quantitative estimate of drug-likeness (QED) is 0.447. The minimum absolute atomic E-state index is 0.179. The zero-order valence-corrected chi connectivity index (χ0v) is 16.6. The van der Waals surface area contributed by atoms with E-state index in [1.807, 2.05) is 24.4 Å². The van der Waals surface area contributed by atoms with E-state index in [0.717, 1.165) is 17.5 Å². The minimum atomic E-state index is -0.179. The summed E-state index contributed by atoms with van der Waals surface area (Å²) >= 11 is 0. The summed E-state index contributed by atoms with van der Waals surface area (Å²) in [5, 5.41) is 4.83. The maximum absolute atomic E-state index is 12.9. The van der Waals surface area contributed by atoms with Crippen molar-refractivity contribution in [2.75, 3.05) is 27.9 Å². The van der Waals surface area contributed by atoms with Crippen LogP contribution >= 0.6 is 0 Å². The summed E-state index contributed by atoms with van der Waals surface area (Å²) in [6.07, 6.45) is 4.39. The first kappa shape index (κ1) is 18.7. The fourth-order valence-electron chi connectivity index (χ4n) is 3.68. The number of H-pyrrole nitrogens is 2. The first-order valence-electron chi connectivity index (χ1n) is 9.31. The largest absolute Gasteiger partial charge is 0.493 e. The van der Waals surface area contributed by atoms with Crippen LogP contribution in [-0.4, -0.2) is 43.7 Å². The van der Waals surface area contributed by atoms with E-state index in [1.54, 1.807) is 33.6 Å². The summed E-state index contributed by atoms with van der Waals surface area (Å²) in [5.74, 6) is 1.27. The number of carbonyl (C=O) groups is 1. The highest BCUT2D eigenvalue weighted by Crippen LogP contribution is 2.44. The molecular weight excluding hydrogens is 370 g/mol. The smallest absolute Gasteiger partial charge is 0.253 e. The van der Waals surface area contributed by atoms with E-state index in [1.165, 1.54) is 10.9 Å². The van der Waals surface area contributed by atoms with Crippen molar-refractivity contribution in [3.8, 4) is 17.2 Å². The van der Waals surface area contributed by atoms with Crippen LogP contribution in [0.1, 0.15) is 15.9 Å². The molecule has 7 heteroatoms. The molecule has 3 N–H and O–H groups in total. The third-order valence-electron chi connectivity index (χ3n) is 5.07. The molecule has 4 rings (SSSR count). The van der Waals surface area contributed by atoms with Crippen molar-refractivity contribution < 1.29 is 19.0 Å². The topological polar surface area (TPSA) is 88.4 Å². The monoisotopic (exact) mass is 393 g/mol. The molecule has 0 fully saturated rings. The molecule has 0 aliphatic carbocycles. The SMILES string of the molecule is COc1cc2[nH]cc(C(=O)NCCc3c[nH]c4ccccc34)c2c(OC)c1OC. The predicted octanol–water partition coefficient (Wildman–Crippen LogP) is 3.65. The number of aromatic nitrogens is 2. The lowest BCUT2D eigenvalue weighted by atomic mass is 10.1. The van der Waals surface area contributed by atoms with Crippen molar-refractivity contribution >= 4 is 27.7 Å². The van der Waals surface area contributed by atoms with Crippen LogP contribution < -0.4 is 19.5 Å². The number of hydrogen-bond acceptors (Lipinski definition) is 4. The third kappa shape index (κ3) is 3.24. The molecule has 0 saturated heterocycles. The van der Waals surface area contributed by atoms with Gasteiger partial charge in [-0.1, -0.05) is 18.2 Å². The summed E-state index contributed by atoms with van der Waals surface area (Å²) < 4.78 is 16.4. The van der Waals surface area contributed by atoms with Gasteiger partial charge in [0.2, 0.25) is 5.75 Å². The zero-order chi connectivity index (χ0) is 20.4.